The molecule has 0 N–H and O–H groups in total. The molecule has 0 spiro atoms. The van der Waals surface area contributed by atoms with Crippen LogP contribution in [0.4, 0.5) is 0 Å². The third kappa shape index (κ3) is 3.20. The van der Waals surface area contributed by atoms with Crippen molar-refractivity contribution in [3.8, 4) is 11.5 Å². The molecule has 0 radical (unpaired) electrons. The minimum absolute atomic E-state index is 0.469. The highest BCUT2D eigenvalue weighted by Crippen LogP contribution is 2.45. The number of methoxy groups -OCH3 is 2. The number of ether oxygens (including phenoxy) is 2. The molecule has 0 aliphatic heterocycles. The SMILES string of the molecule is COc1cc(C(Cl)c2cc(Cl)sc2Cl)c(OC)cc1Br. The Morgan fingerprint density at radius 3 is 2.20 bits per heavy atom. The van der Waals surface area contributed by atoms with Crippen molar-refractivity contribution < 1.29 is 9.47 Å². The summed E-state index contributed by atoms with van der Waals surface area (Å²) in [6.45, 7) is 0. The van der Waals surface area contributed by atoms with Crippen LogP contribution in [0.25, 0.3) is 0 Å². The van der Waals surface area contributed by atoms with Crippen LogP contribution in [-0.2, 0) is 0 Å². The van der Waals surface area contributed by atoms with Crippen LogP contribution in [0.15, 0.2) is 22.7 Å². The summed E-state index contributed by atoms with van der Waals surface area (Å²) >= 11 is 23.4. The maximum Gasteiger partial charge on any atom is 0.133 e. The van der Waals surface area contributed by atoms with E-state index in [0.717, 1.165) is 15.6 Å². The molecule has 0 saturated carbocycles. The van der Waals surface area contributed by atoms with Gasteiger partial charge in [-0.3, -0.25) is 0 Å². The van der Waals surface area contributed by atoms with Crippen molar-refractivity contribution in [1.82, 2.24) is 0 Å². The molecule has 0 saturated heterocycles. The van der Waals surface area contributed by atoms with Crippen LogP contribution in [0.2, 0.25) is 8.67 Å². The molecule has 2 nitrogen and oxygen atoms in total. The van der Waals surface area contributed by atoms with Crippen molar-refractivity contribution in [1.29, 1.82) is 0 Å². The molecule has 0 fully saturated rings. The summed E-state index contributed by atoms with van der Waals surface area (Å²) in [5, 5.41) is -0.469. The third-order valence-electron chi connectivity index (χ3n) is 2.73. The average Bonchev–Trinajstić information content (AvgIpc) is 2.76. The van der Waals surface area contributed by atoms with Crippen LogP contribution in [0, 0.1) is 0 Å². The second kappa shape index (κ2) is 6.75. The van der Waals surface area contributed by atoms with Gasteiger partial charge in [0.15, 0.2) is 0 Å². The van der Waals surface area contributed by atoms with Crippen molar-refractivity contribution in [2.24, 2.45) is 0 Å². The first-order chi connectivity index (χ1) is 9.47. The summed E-state index contributed by atoms with van der Waals surface area (Å²) < 4.78 is 12.6. The minimum atomic E-state index is -0.469. The molecule has 0 aliphatic carbocycles. The zero-order valence-electron chi connectivity index (χ0n) is 10.5. The second-order valence-electron chi connectivity index (χ2n) is 3.87. The van der Waals surface area contributed by atoms with Gasteiger partial charge in [0.05, 0.1) is 32.7 Å². The lowest BCUT2D eigenvalue weighted by Gasteiger charge is -2.16. The predicted molar refractivity (Wildman–Crippen MR) is 89.3 cm³/mol. The monoisotopic (exact) mass is 414 g/mol. The van der Waals surface area contributed by atoms with E-state index in [4.69, 9.17) is 44.3 Å². The summed E-state index contributed by atoms with van der Waals surface area (Å²) in [5.41, 5.74) is 1.52. The van der Waals surface area contributed by atoms with Crippen molar-refractivity contribution in [3.05, 3.63) is 42.5 Å². The van der Waals surface area contributed by atoms with Gasteiger partial charge < -0.3 is 9.47 Å². The van der Waals surface area contributed by atoms with Crippen LogP contribution >= 0.6 is 62.1 Å². The molecule has 2 aromatic rings. The first-order valence-corrected chi connectivity index (χ1v) is 8.28. The van der Waals surface area contributed by atoms with Crippen LogP contribution in [0.3, 0.4) is 0 Å². The Kier molecular flexibility index (Phi) is 5.49. The molecule has 1 aromatic carbocycles. The number of alkyl halides is 1. The number of halogens is 4. The van der Waals surface area contributed by atoms with Crippen LogP contribution in [0.1, 0.15) is 16.5 Å². The number of thiophene rings is 1. The molecule has 0 amide bonds. The van der Waals surface area contributed by atoms with Crippen LogP contribution in [-0.4, -0.2) is 14.2 Å². The lowest BCUT2D eigenvalue weighted by Crippen LogP contribution is -1.99. The van der Waals surface area contributed by atoms with E-state index < -0.39 is 5.38 Å². The molecule has 1 unspecified atom stereocenters. The lowest BCUT2D eigenvalue weighted by atomic mass is 10.1. The zero-order valence-corrected chi connectivity index (χ0v) is 15.2. The first-order valence-electron chi connectivity index (χ1n) is 5.48. The van der Waals surface area contributed by atoms with E-state index in [2.05, 4.69) is 15.9 Å². The Balaban J connectivity index is 2.53. The topological polar surface area (TPSA) is 18.5 Å². The summed E-state index contributed by atoms with van der Waals surface area (Å²) in [4.78, 5) is 0. The number of hydrogen-bond donors (Lipinski definition) is 0. The molecule has 20 heavy (non-hydrogen) atoms. The largest absolute Gasteiger partial charge is 0.496 e. The Morgan fingerprint density at radius 1 is 1.05 bits per heavy atom. The van der Waals surface area contributed by atoms with Gasteiger partial charge in [-0.15, -0.1) is 22.9 Å². The van der Waals surface area contributed by atoms with Crippen molar-refractivity contribution in [3.63, 3.8) is 0 Å². The minimum Gasteiger partial charge on any atom is -0.496 e. The van der Waals surface area contributed by atoms with Gasteiger partial charge in [0.1, 0.15) is 11.5 Å². The molecule has 0 aliphatic rings. The fourth-order valence-electron chi connectivity index (χ4n) is 1.78. The highest BCUT2D eigenvalue weighted by atomic mass is 79.9. The van der Waals surface area contributed by atoms with Gasteiger partial charge >= 0.3 is 0 Å². The zero-order chi connectivity index (χ0) is 14.9. The van der Waals surface area contributed by atoms with Gasteiger partial charge in [-0.2, -0.15) is 0 Å². The Hall–Kier alpha value is -0.130. The fourth-order valence-corrected chi connectivity index (χ4v) is 4.26. The molecule has 1 aromatic heterocycles. The molecular weight excluding hydrogens is 406 g/mol. The van der Waals surface area contributed by atoms with Gasteiger partial charge in [-0.25, -0.2) is 0 Å². The third-order valence-corrected chi connectivity index (χ3v) is 5.34. The van der Waals surface area contributed by atoms with Crippen molar-refractivity contribution in [2.45, 2.75) is 5.38 Å². The molecule has 2 rings (SSSR count). The number of rotatable bonds is 4. The maximum absolute atomic E-state index is 6.53. The summed E-state index contributed by atoms with van der Waals surface area (Å²) in [6.07, 6.45) is 0. The summed E-state index contributed by atoms with van der Waals surface area (Å²) in [5.74, 6) is 1.32. The molecule has 108 valence electrons. The van der Waals surface area contributed by atoms with E-state index in [-0.39, 0.29) is 0 Å². The molecule has 7 heteroatoms. The molecule has 0 bridgehead atoms. The standard InChI is InChI=1S/C13H10BrCl3O2S/c1-18-9-5-8(14)10(19-2)3-6(9)12(16)7-4-11(15)20-13(7)17/h3-5,12H,1-2H3. The van der Waals surface area contributed by atoms with E-state index in [0.29, 0.717) is 20.2 Å². The first kappa shape index (κ1) is 16.2. The van der Waals surface area contributed by atoms with Crippen LogP contribution in [0.5, 0.6) is 11.5 Å². The maximum atomic E-state index is 6.53. The van der Waals surface area contributed by atoms with Gasteiger partial charge in [-0.05, 0) is 34.1 Å². The number of hydrogen-bond acceptors (Lipinski definition) is 3. The fraction of sp³-hybridized carbons (Fsp3) is 0.231. The average molecular weight is 417 g/mol. The highest BCUT2D eigenvalue weighted by molar-refractivity contribution is 9.10. The Morgan fingerprint density at radius 2 is 1.70 bits per heavy atom. The van der Waals surface area contributed by atoms with Gasteiger partial charge in [-0.1, -0.05) is 23.2 Å². The van der Waals surface area contributed by atoms with E-state index in [9.17, 15) is 0 Å². The molecule has 1 heterocycles. The highest BCUT2D eigenvalue weighted by Gasteiger charge is 2.22. The normalized spacial score (nSPS) is 12.3. The van der Waals surface area contributed by atoms with E-state index >= 15 is 0 Å². The Labute approximate surface area is 144 Å². The van der Waals surface area contributed by atoms with E-state index in [1.807, 2.05) is 12.1 Å². The molecular formula is C13H10BrCl3O2S. The van der Waals surface area contributed by atoms with Crippen LogP contribution < -0.4 is 9.47 Å². The predicted octanol–water partition coefficient (Wildman–Crippen LogP) is 6.16. The van der Waals surface area contributed by atoms with Gasteiger partial charge in [0.2, 0.25) is 0 Å². The van der Waals surface area contributed by atoms with Crippen molar-refractivity contribution >= 4 is 62.1 Å². The smallest absolute Gasteiger partial charge is 0.133 e. The lowest BCUT2D eigenvalue weighted by molar-refractivity contribution is 0.397. The van der Waals surface area contributed by atoms with E-state index in [1.54, 1.807) is 20.3 Å². The summed E-state index contributed by atoms with van der Waals surface area (Å²) in [6, 6.07) is 5.40. The van der Waals surface area contributed by atoms with Gasteiger partial charge in [0, 0.05) is 11.1 Å². The number of benzene rings is 1. The van der Waals surface area contributed by atoms with Crippen molar-refractivity contribution in [2.75, 3.05) is 14.2 Å². The molecule has 1 atom stereocenters. The Bertz CT molecular complexity index is 630. The van der Waals surface area contributed by atoms with E-state index in [1.165, 1.54) is 11.3 Å². The quantitative estimate of drug-likeness (QED) is 0.556. The second-order valence-corrected chi connectivity index (χ2v) is 7.45. The van der Waals surface area contributed by atoms with Gasteiger partial charge in [0.25, 0.3) is 0 Å². The summed E-state index contributed by atoms with van der Waals surface area (Å²) in [7, 11) is 3.18.